The van der Waals surface area contributed by atoms with Crippen LogP contribution in [0.15, 0.2) is 12.5 Å². The molecule has 6 heteroatoms. The molecule has 0 aliphatic rings. The Morgan fingerprint density at radius 2 is 2.31 bits per heavy atom. The monoisotopic (exact) mass is 325 g/mol. The topological polar surface area (TPSA) is 30.7 Å². The molecular formula is C7H5ClIN3S. The predicted molar refractivity (Wildman–Crippen MR) is 64.3 cm³/mol. The van der Waals surface area contributed by atoms with Crippen LogP contribution in [0.25, 0.3) is 11.0 Å². The second-order valence-electron chi connectivity index (χ2n) is 2.57. The number of aromatic nitrogens is 3. The Labute approximate surface area is 96.6 Å². The molecule has 0 amide bonds. The molecule has 0 radical (unpaired) electrons. The molecule has 2 rings (SSSR count). The molecule has 0 aliphatic carbocycles. The standard InChI is InChI=1S/C7H5ClIN3S/c1-4-2-12(13-9)7-5(4)6(8)10-3-11-7/h2-3H,1H3. The highest BCUT2D eigenvalue weighted by molar-refractivity contribution is 14.2. The number of fused-ring (bicyclic) bond motifs is 1. The van der Waals surface area contributed by atoms with E-state index in [9.17, 15) is 0 Å². The van der Waals surface area contributed by atoms with Crippen molar-refractivity contribution in [1.29, 1.82) is 0 Å². The fraction of sp³-hybridized carbons (Fsp3) is 0.143. The van der Waals surface area contributed by atoms with E-state index in [1.165, 1.54) is 6.33 Å². The smallest absolute Gasteiger partial charge is 0.155 e. The number of hydrogen-bond donors (Lipinski definition) is 0. The van der Waals surface area contributed by atoms with Crippen LogP contribution in [0.2, 0.25) is 5.15 Å². The normalized spacial score (nSPS) is 11.0. The SMILES string of the molecule is Cc1cn(SI)c2ncnc(Cl)c12. The van der Waals surface area contributed by atoms with E-state index in [4.69, 9.17) is 11.6 Å². The van der Waals surface area contributed by atoms with Gasteiger partial charge in [0.05, 0.1) is 5.39 Å². The van der Waals surface area contributed by atoms with Crippen LogP contribution in [-0.2, 0) is 0 Å². The van der Waals surface area contributed by atoms with Gasteiger partial charge in [-0.3, -0.25) is 3.97 Å². The highest BCUT2D eigenvalue weighted by Gasteiger charge is 2.10. The Morgan fingerprint density at radius 3 is 3.00 bits per heavy atom. The molecule has 0 unspecified atom stereocenters. The van der Waals surface area contributed by atoms with Crippen LogP contribution in [0.1, 0.15) is 5.56 Å². The molecule has 3 nitrogen and oxygen atoms in total. The summed E-state index contributed by atoms with van der Waals surface area (Å²) in [6.45, 7) is 2.00. The molecule has 0 bridgehead atoms. The number of aryl methyl sites for hydroxylation is 1. The fourth-order valence-electron chi connectivity index (χ4n) is 1.22. The lowest BCUT2D eigenvalue weighted by Gasteiger charge is -1.95. The minimum Gasteiger partial charge on any atom is -0.266 e. The van der Waals surface area contributed by atoms with Crippen LogP contribution in [0.4, 0.5) is 0 Å². The largest absolute Gasteiger partial charge is 0.266 e. The molecule has 0 aromatic carbocycles. The van der Waals surface area contributed by atoms with Gasteiger partial charge in [0.15, 0.2) is 5.65 Å². The summed E-state index contributed by atoms with van der Waals surface area (Å²) in [5.74, 6) is 0. The van der Waals surface area contributed by atoms with Gasteiger partial charge >= 0.3 is 0 Å². The molecule has 0 N–H and O–H groups in total. The lowest BCUT2D eigenvalue weighted by molar-refractivity contribution is 1.18. The van der Waals surface area contributed by atoms with Crippen molar-refractivity contribution in [2.24, 2.45) is 0 Å². The number of rotatable bonds is 1. The Kier molecular flexibility index (Phi) is 2.66. The summed E-state index contributed by atoms with van der Waals surface area (Å²) >= 11 is 8.16. The average molecular weight is 326 g/mol. The summed E-state index contributed by atoms with van der Waals surface area (Å²) < 4.78 is 1.97. The zero-order valence-corrected chi connectivity index (χ0v) is 10.4. The van der Waals surface area contributed by atoms with Crippen molar-refractivity contribution < 1.29 is 0 Å². The molecule has 2 heterocycles. The molecule has 0 aliphatic heterocycles. The summed E-state index contributed by atoms with van der Waals surface area (Å²) in [7, 11) is 1.57. The van der Waals surface area contributed by atoms with Crippen molar-refractivity contribution >= 4 is 53.0 Å². The highest BCUT2D eigenvalue weighted by Crippen LogP contribution is 2.29. The second-order valence-corrected chi connectivity index (χ2v) is 4.64. The lowest BCUT2D eigenvalue weighted by Crippen LogP contribution is -1.85. The van der Waals surface area contributed by atoms with E-state index in [2.05, 4.69) is 31.2 Å². The maximum atomic E-state index is 5.96. The first-order chi connectivity index (χ1) is 6.24. The van der Waals surface area contributed by atoms with Gasteiger partial charge in [0.25, 0.3) is 0 Å². The van der Waals surface area contributed by atoms with Crippen molar-refractivity contribution in [1.82, 2.24) is 13.9 Å². The van der Waals surface area contributed by atoms with E-state index < -0.39 is 0 Å². The first-order valence-corrected chi connectivity index (χ1v) is 7.20. The van der Waals surface area contributed by atoms with Crippen molar-refractivity contribution in [3.8, 4) is 0 Å². The van der Waals surface area contributed by atoms with Gasteiger partial charge in [-0.05, 0) is 12.5 Å². The van der Waals surface area contributed by atoms with Crippen LogP contribution in [0.5, 0.6) is 0 Å². The number of hydrogen-bond acceptors (Lipinski definition) is 3. The molecule has 0 fully saturated rings. The third-order valence-corrected chi connectivity index (χ3v) is 3.76. The molecule has 0 spiro atoms. The minimum absolute atomic E-state index is 0.520. The zero-order valence-electron chi connectivity index (χ0n) is 6.66. The number of nitrogens with zero attached hydrogens (tertiary/aromatic N) is 3. The van der Waals surface area contributed by atoms with E-state index in [0.29, 0.717) is 5.15 Å². The van der Waals surface area contributed by atoms with Crippen molar-refractivity contribution in [2.75, 3.05) is 0 Å². The van der Waals surface area contributed by atoms with Gasteiger partial charge in [0.1, 0.15) is 11.5 Å². The van der Waals surface area contributed by atoms with Crippen LogP contribution in [0.3, 0.4) is 0 Å². The van der Waals surface area contributed by atoms with Crippen molar-refractivity contribution in [2.45, 2.75) is 6.92 Å². The molecular weight excluding hydrogens is 321 g/mol. The van der Waals surface area contributed by atoms with Gasteiger partial charge in [-0.15, -0.1) is 0 Å². The summed E-state index contributed by atoms with van der Waals surface area (Å²) in [4.78, 5) is 8.12. The quantitative estimate of drug-likeness (QED) is 0.596. The lowest BCUT2D eigenvalue weighted by atomic mass is 10.3. The van der Waals surface area contributed by atoms with Crippen LogP contribution < -0.4 is 0 Å². The highest BCUT2D eigenvalue weighted by atomic mass is 127. The first kappa shape index (κ1) is 9.54. The first-order valence-electron chi connectivity index (χ1n) is 3.51. The Morgan fingerprint density at radius 1 is 1.54 bits per heavy atom. The molecule has 68 valence electrons. The third kappa shape index (κ3) is 1.53. The molecule has 0 saturated heterocycles. The minimum atomic E-state index is 0.520. The Hall–Kier alpha value is -0.0100. The number of halogens is 2. The van der Waals surface area contributed by atoms with Crippen molar-refractivity contribution in [3.63, 3.8) is 0 Å². The summed E-state index contributed by atoms with van der Waals surface area (Å²) in [6.07, 6.45) is 3.48. The van der Waals surface area contributed by atoms with Gasteiger partial charge < -0.3 is 0 Å². The van der Waals surface area contributed by atoms with Gasteiger partial charge in [0, 0.05) is 36.5 Å². The second kappa shape index (κ2) is 3.62. The summed E-state index contributed by atoms with van der Waals surface area (Å²) in [5, 5.41) is 1.46. The fourth-order valence-corrected chi connectivity index (χ4v) is 2.80. The van der Waals surface area contributed by atoms with E-state index >= 15 is 0 Å². The average Bonchev–Trinajstić information content (AvgIpc) is 2.44. The van der Waals surface area contributed by atoms with E-state index in [1.54, 1.807) is 9.12 Å². The Bertz CT molecular complexity index is 456. The molecule has 2 aromatic heterocycles. The zero-order chi connectivity index (χ0) is 9.42. The predicted octanol–water partition coefficient (Wildman–Crippen LogP) is 3.24. The van der Waals surface area contributed by atoms with Crippen LogP contribution >= 0.6 is 41.9 Å². The van der Waals surface area contributed by atoms with Gasteiger partial charge in [0.2, 0.25) is 0 Å². The van der Waals surface area contributed by atoms with E-state index in [-0.39, 0.29) is 0 Å². The van der Waals surface area contributed by atoms with E-state index in [1.807, 2.05) is 17.1 Å². The Balaban J connectivity index is 2.87. The summed E-state index contributed by atoms with van der Waals surface area (Å²) in [5.41, 5.74) is 1.97. The van der Waals surface area contributed by atoms with Gasteiger partial charge in [-0.1, -0.05) is 11.6 Å². The van der Waals surface area contributed by atoms with E-state index in [0.717, 1.165) is 16.6 Å². The van der Waals surface area contributed by atoms with Crippen LogP contribution in [0, 0.1) is 6.92 Å². The maximum Gasteiger partial charge on any atom is 0.155 e. The van der Waals surface area contributed by atoms with Gasteiger partial charge in [-0.2, -0.15) is 0 Å². The van der Waals surface area contributed by atoms with Crippen LogP contribution in [-0.4, -0.2) is 13.9 Å². The third-order valence-electron chi connectivity index (χ3n) is 1.77. The molecule has 13 heavy (non-hydrogen) atoms. The van der Waals surface area contributed by atoms with Crippen molar-refractivity contribution in [3.05, 3.63) is 23.2 Å². The maximum absolute atomic E-state index is 5.96. The summed E-state index contributed by atoms with van der Waals surface area (Å²) in [6, 6.07) is 0. The molecule has 2 aromatic rings. The molecule has 0 atom stereocenters. The van der Waals surface area contributed by atoms with Gasteiger partial charge in [-0.25, -0.2) is 9.97 Å². The molecule has 0 saturated carbocycles.